The van der Waals surface area contributed by atoms with E-state index in [4.69, 9.17) is 0 Å². The molecule has 2 nitrogen and oxygen atoms in total. The van der Waals surface area contributed by atoms with Crippen molar-refractivity contribution in [3.63, 3.8) is 0 Å². The molecule has 4 heteroatoms. The quantitative estimate of drug-likeness (QED) is 0.599. The zero-order valence-corrected chi connectivity index (χ0v) is 9.57. The highest BCUT2D eigenvalue weighted by atomic mass is 33.1. The normalized spacial score (nSPS) is 11.6. The first-order chi connectivity index (χ1) is 6.64. The third-order valence-electron chi connectivity index (χ3n) is 1.50. The van der Waals surface area contributed by atoms with Crippen molar-refractivity contribution in [1.82, 2.24) is 0 Å². The summed E-state index contributed by atoms with van der Waals surface area (Å²) in [6, 6.07) is 10.3. The molecule has 0 aliphatic heterocycles. The Morgan fingerprint density at radius 3 is 2.79 bits per heavy atom. The van der Waals surface area contributed by atoms with Gasteiger partial charge in [0.15, 0.2) is 0 Å². The molecule has 0 amide bonds. The lowest BCUT2D eigenvalue weighted by atomic mass is 10.1. The van der Waals surface area contributed by atoms with Gasteiger partial charge < -0.3 is 10.2 Å². The van der Waals surface area contributed by atoms with Gasteiger partial charge >= 0.3 is 0 Å². The van der Waals surface area contributed by atoms with Gasteiger partial charge in [-0.15, -0.1) is 0 Å². The summed E-state index contributed by atoms with van der Waals surface area (Å²) in [5.74, 6) is 0.853. The van der Waals surface area contributed by atoms with Crippen LogP contribution >= 0.6 is 21.6 Å². The first kappa shape index (κ1) is 11.9. The van der Waals surface area contributed by atoms with E-state index in [1.165, 1.54) is 10.8 Å². The van der Waals surface area contributed by atoms with Crippen molar-refractivity contribution in [3.8, 4) is 0 Å². The Morgan fingerprint density at radius 2 is 2.21 bits per heavy atom. The summed E-state index contributed by atoms with van der Waals surface area (Å²) in [7, 11) is 2.52. The van der Waals surface area contributed by atoms with Crippen LogP contribution in [-0.2, 0) is 6.42 Å². The van der Waals surface area contributed by atoms with Crippen LogP contribution in [0, 0.1) is 6.07 Å². The molecule has 0 aliphatic carbocycles. The highest BCUT2D eigenvalue weighted by Gasteiger charge is 2.24. The number of hydrogen-bond acceptors (Lipinski definition) is 4. The zero-order valence-electron chi connectivity index (χ0n) is 7.93. The Labute approximate surface area is 92.1 Å². The van der Waals surface area contributed by atoms with E-state index in [0.717, 1.165) is 22.1 Å². The molecule has 1 aromatic carbocycles. The van der Waals surface area contributed by atoms with Crippen LogP contribution < -0.4 is 0 Å². The maximum Gasteiger partial charge on any atom is 0.227 e. The van der Waals surface area contributed by atoms with Crippen molar-refractivity contribution in [2.75, 3.05) is 5.75 Å². The minimum atomic E-state index is -1.70. The summed E-state index contributed by atoms with van der Waals surface area (Å²) in [5.41, 5.74) is 0.807. The SMILES string of the molecule is CCSSC(O)(O)Cc1[c]cccc1. The predicted molar refractivity (Wildman–Crippen MR) is 61.9 cm³/mol. The molecule has 0 bridgehead atoms. The van der Waals surface area contributed by atoms with Crippen LogP contribution in [-0.4, -0.2) is 21.1 Å². The van der Waals surface area contributed by atoms with Crippen LogP contribution in [0.2, 0.25) is 0 Å². The van der Waals surface area contributed by atoms with Crippen molar-refractivity contribution in [2.45, 2.75) is 18.5 Å². The molecule has 0 spiro atoms. The first-order valence-corrected chi connectivity index (χ1v) is 6.67. The standard InChI is InChI=1S/C10H13O2S2/c1-2-13-14-10(11,12)8-9-6-4-3-5-7-9/h3-6,11-12H,2,8H2,1H3. The summed E-state index contributed by atoms with van der Waals surface area (Å²) >= 11 is 0. The molecular weight excluding hydrogens is 216 g/mol. The van der Waals surface area contributed by atoms with Crippen molar-refractivity contribution in [1.29, 1.82) is 0 Å². The van der Waals surface area contributed by atoms with Crippen LogP contribution in [0.4, 0.5) is 0 Å². The minimum absolute atomic E-state index is 0.200. The summed E-state index contributed by atoms with van der Waals surface area (Å²) in [4.78, 5) is 0. The smallest absolute Gasteiger partial charge is 0.227 e. The molecule has 0 unspecified atom stereocenters. The van der Waals surface area contributed by atoms with E-state index >= 15 is 0 Å². The lowest BCUT2D eigenvalue weighted by molar-refractivity contribution is -0.0729. The lowest BCUT2D eigenvalue weighted by Gasteiger charge is -2.19. The van der Waals surface area contributed by atoms with Crippen molar-refractivity contribution in [2.24, 2.45) is 0 Å². The fraction of sp³-hybridized carbons (Fsp3) is 0.400. The molecule has 0 heterocycles. The van der Waals surface area contributed by atoms with Crippen LogP contribution in [0.1, 0.15) is 12.5 Å². The van der Waals surface area contributed by atoms with Gasteiger partial charge in [0.2, 0.25) is 5.12 Å². The second-order valence-corrected chi connectivity index (χ2v) is 5.64. The molecule has 14 heavy (non-hydrogen) atoms. The zero-order chi connectivity index (χ0) is 10.4. The Kier molecular flexibility index (Phi) is 4.81. The van der Waals surface area contributed by atoms with Crippen molar-refractivity contribution >= 4 is 21.6 Å². The third kappa shape index (κ3) is 4.37. The predicted octanol–water partition coefficient (Wildman–Crippen LogP) is 2.07. The number of benzene rings is 1. The lowest BCUT2D eigenvalue weighted by Crippen LogP contribution is -2.25. The molecule has 0 saturated heterocycles. The number of aliphatic hydroxyl groups is 2. The van der Waals surface area contributed by atoms with Crippen LogP contribution in [0.3, 0.4) is 0 Å². The van der Waals surface area contributed by atoms with E-state index in [1.807, 2.05) is 25.1 Å². The fourth-order valence-corrected chi connectivity index (χ4v) is 2.59. The van der Waals surface area contributed by atoms with Gasteiger partial charge in [-0.1, -0.05) is 42.0 Å². The monoisotopic (exact) mass is 229 g/mol. The van der Waals surface area contributed by atoms with Gasteiger partial charge in [0.25, 0.3) is 0 Å². The van der Waals surface area contributed by atoms with Gasteiger partial charge in [-0.2, -0.15) is 0 Å². The van der Waals surface area contributed by atoms with E-state index in [0.29, 0.717) is 0 Å². The molecule has 0 atom stereocenters. The first-order valence-electron chi connectivity index (χ1n) is 4.35. The Bertz CT molecular complexity index is 262. The fourth-order valence-electron chi connectivity index (χ4n) is 0.971. The van der Waals surface area contributed by atoms with Gasteiger partial charge in [0, 0.05) is 12.2 Å². The summed E-state index contributed by atoms with van der Waals surface area (Å²) < 4.78 is 0. The average molecular weight is 229 g/mol. The number of hydrogen-bond donors (Lipinski definition) is 2. The highest BCUT2D eigenvalue weighted by molar-refractivity contribution is 8.77. The van der Waals surface area contributed by atoms with Gasteiger partial charge in [0.05, 0.1) is 0 Å². The van der Waals surface area contributed by atoms with Crippen LogP contribution in [0.25, 0.3) is 0 Å². The topological polar surface area (TPSA) is 40.5 Å². The van der Waals surface area contributed by atoms with E-state index in [1.54, 1.807) is 6.07 Å². The molecule has 2 N–H and O–H groups in total. The summed E-state index contributed by atoms with van der Waals surface area (Å²) in [6.07, 6.45) is 0.200. The van der Waals surface area contributed by atoms with E-state index in [-0.39, 0.29) is 6.42 Å². The molecule has 0 fully saturated rings. The largest absolute Gasteiger partial charge is 0.356 e. The maximum atomic E-state index is 9.58. The van der Waals surface area contributed by atoms with Crippen LogP contribution in [0.15, 0.2) is 24.3 Å². The Morgan fingerprint density at radius 1 is 1.43 bits per heavy atom. The molecular formula is C10H13O2S2. The highest BCUT2D eigenvalue weighted by Crippen LogP contribution is 2.34. The second kappa shape index (κ2) is 5.66. The Balaban J connectivity index is 2.50. The minimum Gasteiger partial charge on any atom is -0.356 e. The molecule has 1 radical (unpaired) electrons. The molecule has 0 saturated carbocycles. The van der Waals surface area contributed by atoms with Crippen molar-refractivity contribution in [3.05, 3.63) is 35.9 Å². The Hall–Kier alpha value is -0.160. The van der Waals surface area contributed by atoms with Gasteiger partial charge in [0.1, 0.15) is 0 Å². The third-order valence-corrected chi connectivity index (χ3v) is 4.13. The molecule has 77 valence electrons. The van der Waals surface area contributed by atoms with E-state index in [2.05, 4.69) is 6.07 Å². The number of rotatable bonds is 5. The molecule has 1 aromatic rings. The van der Waals surface area contributed by atoms with E-state index < -0.39 is 5.12 Å². The van der Waals surface area contributed by atoms with Gasteiger partial charge in [-0.25, -0.2) is 0 Å². The molecule has 0 aliphatic rings. The average Bonchev–Trinajstić information content (AvgIpc) is 2.16. The second-order valence-electron chi connectivity index (χ2n) is 2.80. The van der Waals surface area contributed by atoms with E-state index in [9.17, 15) is 10.2 Å². The molecule has 1 rings (SSSR count). The maximum absolute atomic E-state index is 9.58. The van der Waals surface area contributed by atoms with Crippen LogP contribution in [0.5, 0.6) is 0 Å². The summed E-state index contributed by atoms with van der Waals surface area (Å²) in [5, 5.41) is 17.5. The van der Waals surface area contributed by atoms with Gasteiger partial charge in [-0.3, -0.25) is 0 Å². The summed E-state index contributed by atoms with van der Waals surface area (Å²) in [6.45, 7) is 1.97. The molecule has 0 aromatic heterocycles. The van der Waals surface area contributed by atoms with Gasteiger partial charge in [-0.05, 0) is 22.4 Å². The van der Waals surface area contributed by atoms with Crippen molar-refractivity contribution < 1.29 is 10.2 Å².